The van der Waals surface area contributed by atoms with Gasteiger partial charge in [-0.05, 0) is 50.9 Å². The minimum atomic E-state index is -0.650. The maximum atomic E-state index is 10.9. The Morgan fingerprint density at radius 3 is 2.32 bits per heavy atom. The zero-order chi connectivity index (χ0) is 16.5. The van der Waals surface area contributed by atoms with Crippen LogP contribution in [0.1, 0.15) is 43.6 Å². The molecule has 1 aliphatic heterocycles. The van der Waals surface area contributed by atoms with E-state index in [-0.39, 0.29) is 17.9 Å². The molecule has 0 bridgehead atoms. The predicted octanol–water partition coefficient (Wildman–Crippen LogP) is 2.21. The third kappa shape index (κ3) is 3.09. The number of phenols is 1. The molecule has 2 rings (SSSR count). The number of phenolic OH excluding ortho intramolecular Hbond substituents is 1. The molecule has 0 spiro atoms. The lowest BCUT2D eigenvalue weighted by Gasteiger charge is -2.32. The monoisotopic (exact) mass is 304 g/mol. The summed E-state index contributed by atoms with van der Waals surface area (Å²) in [5.41, 5.74) is 0.448. The first kappa shape index (κ1) is 16.7. The van der Waals surface area contributed by atoms with Crippen LogP contribution in [0.3, 0.4) is 0 Å². The first-order valence-electron chi connectivity index (χ1n) is 7.15. The highest BCUT2D eigenvalue weighted by Crippen LogP contribution is 2.38. The normalized spacial score (nSPS) is 20.2. The van der Waals surface area contributed by atoms with Crippen LogP contribution in [-0.2, 0) is 9.31 Å². The molecule has 1 fully saturated rings. The molecule has 0 atom stereocenters. The summed E-state index contributed by atoms with van der Waals surface area (Å²) in [6, 6.07) is 4.64. The molecule has 6 heteroatoms. The van der Waals surface area contributed by atoms with Gasteiger partial charge in [-0.15, -0.1) is 0 Å². The highest BCUT2D eigenvalue weighted by molar-refractivity contribution is 6.55. The Morgan fingerprint density at radius 1 is 1.23 bits per heavy atom. The van der Waals surface area contributed by atoms with Crippen LogP contribution in [0.4, 0.5) is 0 Å². The molecule has 0 saturated carbocycles. The number of benzene rings is 1. The van der Waals surface area contributed by atoms with E-state index in [0.29, 0.717) is 17.3 Å². The lowest BCUT2D eigenvalue weighted by molar-refractivity contribution is 0.00578. The van der Waals surface area contributed by atoms with Gasteiger partial charge in [0, 0.05) is 0 Å². The van der Waals surface area contributed by atoms with Gasteiger partial charge in [0.25, 0.3) is 0 Å². The summed E-state index contributed by atoms with van der Waals surface area (Å²) < 4.78 is 11.8. The molecule has 0 aromatic heterocycles. The van der Waals surface area contributed by atoms with E-state index < -0.39 is 18.3 Å². The molecule has 0 aliphatic carbocycles. The van der Waals surface area contributed by atoms with Crippen LogP contribution in [0.25, 0.3) is 6.08 Å². The first-order chi connectivity index (χ1) is 10.2. The van der Waals surface area contributed by atoms with Gasteiger partial charge in [0.2, 0.25) is 0 Å². The third-order valence-electron chi connectivity index (χ3n) is 4.27. The Morgan fingerprint density at radius 2 is 1.82 bits per heavy atom. The van der Waals surface area contributed by atoms with Crippen LogP contribution < -0.4 is 0 Å². The molecule has 1 aromatic carbocycles. The van der Waals surface area contributed by atoms with E-state index in [1.165, 1.54) is 6.07 Å². The smallest absolute Gasteiger partial charge is 0.492 e. The van der Waals surface area contributed by atoms with Gasteiger partial charge in [0.15, 0.2) is 6.29 Å². The minimum Gasteiger partial charge on any atom is -0.507 e. The number of rotatable bonds is 4. The predicted molar refractivity (Wildman–Crippen MR) is 84.6 cm³/mol. The highest BCUT2D eigenvalue weighted by atomic mass is 16.7. The number of aromatic hydroxyl groups is 1. The third-order valence-corrected chi connectivity index (χ3v) is 4.27. The summed E-state index contributed by atoms with van der Waals surface area (Å²) in [4.78, 5) is 10.9. The number of carbonyl (C=O) groups is 1. The summed E-state index contributed by atoms with van der Waals surface area (Å²) in [6.07, 6.45) is 2.29. The van der Waals surface area contributed by atoms with Crippen LogP contribution >= 0.6 is 0 Å². The van der Waals surface area contributed by atoms with Crippen molar-refractivity contribution in [3.63, 3.8) is 0 Å². The summed E-state index contributed by atoms with van der Waals surface area (Å²) in [5, 5.41) is 19.1. The van der Waals surface area contributed by atoms with Gasteiger partial charge in [-0.25, -0.2) is 0 Å². The zero-order valence-electron chi connectivity index (χ0n) is 13.3. The number of hydrogen-bond donors (Lipinski definition) is 2. The average Bonchev–Trinajstić information content (AvgIpc) is 2.66. The van der Waals surface area contributed by atoms with E-state index in [1.807, 2.05) is 27.7 Å². The van der Waals surface area contributed by atoms with E-state index in [2.05, 4.69) is 0 Å². The van der Waals surface area contributed by atoms with Crippen molar-refractivity contribution in [2.24, 2.45) is 0 Å². The standard InChI is InChI=1S/C16H21BO5/c1-15(2)16(3,4)22-17(21-15)13(10-19)8-11-5-6-14(20)12(7-11)9-18/h5-9,19-20H,10H2,1-4H3. The molecule has 1 heterocycles. The van der Waals surface area contributed by atoms with E-state index in [9.17, 15) is 15.0 Å². The van der Waals surface area contributed by atoms with E-state index in [0.717, 1.165) is 0 Å². The molecule has 0 unspecified atom stereocenters. The van der Waals surface area contributed by atoms with Gasteiger partial charge >= 0.3 is 7.12 Å². The fourth-order valence-electron chi connectivity index (χ4n) is 2.15. The summed E-state index contributed by atoms with van der Waals surface area (Å²) in [7, 11) is -0.650. The quantitative estimate of drug-likeness (QED) is 0.659. The second kappa shape index (κ2) is 5.87. The van der Waals surface area contributed by atoms with Crippen molar-refractivity contribution < 1.29 is 24.3 Å². The van der Waals surface area contributed by atoms with Crippen molar-refractivity contribution in [1.82, 2.24) is 0 Å². The Hall–Kier alpha value is -1.63. The van der Waals surface area contributed by atoms with Crippen LogP contribution in [0.5, 0.6) is 5.75 Å². The van der Waals surface area contributed by atoms with Gasteiger partial charge in [-0.3, -0.25) is 4.79 Å². The summed E-state index contributed by atoms with van der Waals surface area (Å²) in [5.74, 6) is -0.0756. The van der Waals surface area contributed by atoms with Crippen molar-refractivity contribution in [3.05, 3.63) is 34.8 Å². The molecular formula is C16H21BO5. The largest absolute Gasteiger partial charge is 0.507 e. The van der Waals surface area contributed by atoms with Crippen LogP contribution in [-0.4, -0.2) is 41.4 Å². The summed E-state index contributed by atoms with van der Waals surface area (Å²) in [6.45, 7) is 7.52. The molecule has 1 aliphatic rings. The van der Waals surface area contributed by atoms with E-state index in [4.69, 9.17) is 9.31 Å². The maximum Gasteiger partial charge on any atom is 0.492 e. The lowest BCUT2D eigenvalue weighted by atomic mass is 9.77. The second-order valence-electron chi connectivity index (χ2n) is 6.40. The van der Waals surface area contributed by atoms with Crippen molar-refractivity contribution in [2.45, 2.75) is 38.9 Å². The van der Waals surface area contributed by atoms with Gasteiger partial charge in [-0.2, -0.15) is 0 Å². The summed E-state index contributed by atoms with van der Waals surface area (Å²) >= 11 is 0. The average molecular weight is 304 g/mol. The molecule has 2 N–H and O–H groups in total. The Balaban J connectivity index is 2.31. The van der Waals surface area contributed by atoms with Gasteiger partial charge in [0.05, 0.1) is 23.4 Å². The molecule has 5 nitrogen and oxygen atoms in total. The van der Waals surface area contributed by atoms with Crippen molar-refractivity contribution in [3.8, 4) is 5.75 Å². The van der Waals surface area contributed by atoms with Gasteiger partial charge in [-0.1, -0.05) is 12.1 Å². The Kier molecular flexibility index (Phi) is 4.47. The first-order valence-corrected chi connectivity index (χ1v) is 7.15. The molecular weight excluding hydrogens is 283 g/mol. The molecule has 22 heavy (non-hydrogen) atoms. The maximum absolute atomic E-state index is 10.9. The zero-order valence-corrected chi connectivity index (χ0v) is 13.3. The van der Waals surface area contributed by atoms with Crippen molar-refractivity contribution >= 4 is 19.5 Å². The molecule has 118 valence electrons. The van der Waals surface area contributed by atoms with E-state index >= 15 is 0 Å². The molecule has 1 saturated heterocycles. The number of aliphatic hydroxyl groups excluding tert-OH is 1. The molecule has 0 radical (unpaired) electrons. The fraction of sp³-hybridized carbons (Fsp3) is 0.438. The second-order valence-corrected chi connectivity index (χ2v) is 6.40. The Bertz CT molecular complexity index is 591. The molecule has 0 amide bonds. The lowest BCUT2D eigenvalue weighted by Crippen LogP contribution is -2.41. The van der Waals surface area contributed by atoms with Gasteiger partial charge in [0.1, 0.15) is 5.75 Å². The fourth-order valence-corrected chi connectivity index (χ4v) is 2.15. The number of hydrogen-bond acceptors (Lipinski definition) is 5. The van der Waals surface area contributed by atoms with Gasteiger partial charge < -0.3 is 19.5 Å². The van der Waals surface area contributed by atoms with Crippen molar-refractivity contribution in [1.29, 1.82) is 0 Å². The number of aliphatic hydroxyl groups is 1. The van der Waals surface area contributed by atoms with Crippen molar-refractivity contribution in [2.75, 3.05) is 6.61 Å². The van der Waals surface area contributed by atoms with E-state index in [1.54, 1.807) is 18.2 Å². The number of carbonyl (C=O) groups excluding carboxylic acids is 1. The molecule has 1 aromatic rings. The highest BCUT2D eigenvalue weighted by Gasteiger charge is 2.52. The van der Waals surface area contributed by atoms with Crippen LogP contribution in [0.15, 0.2) is 23.7 Å². The minimum absolute atomic E-state index is 0.0756. The Labute approximate surface area is 130 Å². The number of aldehydes is 1. The van der Waals surface area contributed by atoms with Crippen LogP contribution in [0.2, 0.25) is 0 Å². The SMILES string of the molecule is CC1(C)OB(C(=Cc2ccc(O)c(C=O)c2)CO)OC1(C)C. The van der Waals surface area contributed by atoms with Crippen LogP contribution in [0, 0.1) is 0 Å². The topological polar surface area (TPSA) is 76.0 Å².